The normalized spacial score (nSPS) is 17.6. The summed E-state index contributed by atoms with van der Waals surface area (Å²) >= 11 is 5.76. The zero-order chi connectivity index (χ0) is 19.4. The summed E-state index contributed by atoms with van der Waals surface area (Å²) in [5.74, 6) is -0.554. The average molecular weight is 397 g/mol. The summed E-state index contributed by atoms with van der Waals surface area (Å²) in [6.07, 6.45) is -1.51. The first kappa shape index (κ1) is 19.5. The van der Waals surface area contributed by atoms with Gasteiger partial charge in [-0.3, -0.25) is 4.79 Å². The van der Waals surface area contributed by atoms with Crippen LogP contribution in [0.5, 0.6) is 0 Å². The monoisotopic (exact) mass is 396 g/mol. The number of hydrogen-bond donors (Lipinski definition) is 1. The van der Waals surface area contributed by atoms with Crippen molar-refractivity contribution in [1.29, 1.82) is 0 Å². The standard InChI is InChI=1S/C20H20ClF3N2O/c21-16-11-14(10-15(12-16)20(22,23)24)19(27)25-13-18-8-4-5-9-26(18)17-6-2-1-3-7-17/h1-3,6-7,10-12,18H,4-5,8-9,13H2,(H,25,27). The van der Waals surface area contributed by atoms with Crippen LogP contribution in [0, 0.1) is 0 Å². The van der Waals surface area contributed by atoms with E-state index in [1.807, 2.05) is 30.3 Å². The third-order valence-corrected chi connectivity index (χ3v) is 4.92. The van der Waals surface area contributed by atoms with E-state index in [4.69, 9.17) is 11.6 Å². The number of para-hydroxylation sites is 1. The Bertz CT molecular complexity index is 796. The number of piperidine rings is 1. The number of carbonyl (C=O) groups is 1. The smallest absolute Gasteiger partial charge is 0.367 e. The second kappa shape index (κ2) is 8.21. The summed E-state index contributed by atoms with van der Waals surface area (Å²) < 4.78 is 38.8. The highest BCUT2D eigenvalue weighted by Crippen LogP contribution is 2.32. The van der Waals surface area contributed by atoms with E-state index in [1.165, 1.54) is 6.07 Å². The lowest BCUT2D eigenvalue weighted by Gasteiger charge is -2.37. The average Bonchev–Trinajstić information content (AvgIpc) is 2.66. The maximum Gasteiger partial charge on any atom is 0.416 e. The maximum atomic E-state index is 12.9. The SMILES string of the molecule is O=C(NCC1CCCCN1c1ccccc1)c1cc(Cl)cc(C(F)(F)F)c1. The molecule has 0 spiro atoms. The van der Waals surface area contributed by atoms with Gasteiger partial charge in [-0.25, -0.2) is 0 Å². The van der Waals surface area contributed by atoms with Crippen LogP contribution >= 0.6 is 11.6 Å². The molecule has 3 rings (SSSR count). The van der Waals surface area contributed by atoms with Crippen LogP contribution in [0.3, 0.4) is 0 Å². The molecule has 1 aliphatic heterocycles. The molecule has 0 saturated carbocycles. The summed E-state index contributed by atoms with van der Waals surface area (Å²) in [5.41, 5.74) is 0.0687. The quantitative estimate of drug-likeness (QED) is 0.775. The van der Waals surface area contributed by atoms with Gasteiger partial charge >= 0.3 is 6.18 Å². The molecule has 144 valence electrons. The third kappa shape index (κ3) is 4.95. The van der Waals surface area contributed by atoms with E-state index in [0.717, 1.165) is 43.6 Å². The minimum Gasteiger partial charge on any atom is -0.367 e. The second-order valence-electron chi connectivity index (χ2n) is 6.61. The van der Waals surface area contributed by atoms with Crippen molar-refractivity contribution in [2.24, 2.45) is 0 Å². The zero-order valence-electron chi connectivity index (χ0n) is 14.6. The van der Waals surface area contributed by atoms with E-state index in [1.54, 1.807) is 0 Å². The molecule has 27 heavy (non-hydrogen) atoms. The fraction of sp³-hybridized carbons (Fsp3) is 0.350. The minimum atomic E-state index is -4.55. The molecule has 1 aliphatic rings. The van der Waals surface area contributed by atoms with Crippen LogP contribution in [0.15, 0.2) is 48.5 Å². The number of nitrogens with zero attached hydrogens (tertiary/aromatic N) is 1. The van der Waals surface area contributed by atoms with Crippen LogP contribution in [0.25, 0.3) is 0 Å². The summed E-state index contributed by atoms with van der Waals surface area (Å²) in [4.78, 5) is 14.6. The Hall–Kier alpha value is -2.21. The number of benzene rings is 2. The van der Waals surface area contributed by atoms with Gasteiger partial charge in [-0.05, 0) is 49.6 Å². The molecule has 0 bridgehead atoms. The topological polar surface area (TPSA) is 32.3 Å². The van der Waals surface area contributed by atoms with Crippen molar-refractivity contribution in [2.75, 3.05) is 18.0 Å². The van der Waals surface area contributed by atoms with Crippen LogP contribution in [-0.4, -0.2) is 25.0 Å². The van der Waals surface area contributed by atoms with Gasteiger partial charge in [-0.15, -0.1) is 0 Å². The number of alkyl halides is 3. The fourth-order valence-electron chi connectivity index (χ4n) is 3.37. The number of nitrogens with one attached hydrogen (secondary N) is 1. The Morgan fingerprint density at radius 3 is 2.59 bits per heavy atom. The molecule has 2 aromatic rings. The van der Waals surface area contributed by atoms with Gasteiger partial charge < -0.3 is 10.2 Å². The summed E-state index contributed by atoms with van der Waals surface area (Å²) in [6, 6.07) is 12.9. The second-order valence-corrected chi connectivity index (χ2v) is 7.05. The van der Waals surface area contributed by atoms with Crippen LogP contribution in [0.1, 0.15) is 35.2 Å². The van der Waals surface area contributed by atoms with Crippen molar-refractivity contribution in [1.82, 2.24) is 5.32 Å². The van der Waals surface area contributed by atoms with Gasteiger partial charge in [-0.1, -0.05) is 29.8 Å². The zero-order valence-corrected chi connectivity index (χ0v) is 15.4. The van der Waals surface area contributed by atoms with Gasteiger partial charge in [-0.2, -0.15) is 13.2 Å². The van der Waals surface area contributed by atoms with Crippen molar-refractivity contribution in [3.8, 4) is 0 Å². The third-order valence-electron chi connectivity index (χ3n) is 4.70. The molecule has 7 heteroatoms. The Morgan fingerprint density at radius 1 is 1.15 bits per heavy atom. The number of rotatable bonds is 4. The molecule has 1 N–H and O–H groups in total. The van der Waals surface area contributed by atoms with E-state index in [9.17, 15) is 18.0 Å². The summed E-state index contributed by atoms with van der Waals surface area (Å²) in [7, 11) is 0. The number of halogens is 4. The lowest BCUT2D eigenvalue weighted by Crippen LogP contribution is -2.46. The summed E-state index contributed by atoms with van der Waals surface area (Å²) in [5, 5.41) is 2.66. The number of hydrogen-bond acceptors (Lipinski definition) is 2. The first-order chi connectivity index (χ1) is 12.8. The molecule has 1 atom stereocenters. The van der Waals surface area contributed by atoms with E-state index >= 15 is 0 Å². The number of amides is 1. The van der Waals surface area contributed by atoms with Gasteiger partial charge in [0.05, 0.1) is 5.56 Å². The molecule has 1 amide bonds. The van der Waals surface area contributed by atoms with Crippen LogP contribution in [0.4, 0.5) is 18.9 Å². The van der Waals surface area contributed by atoms with Crippen molar-refractivity contribution >= 4 is 23.2 Å². The first-order valence-electron chi connectivity index (χ1n) is 8.82. The highest BCUT2D eigenvalue weighted by atomic mass is 35.5. The lowest BCUT2D eigenvalue weighted by molar-refractivity contribution is -0.137. The molecule has 3 nitrogen and oxygen atoms in total. The van der Waals surface area contributed by atoms with Gasteiger partial charge in [0.15, 0.2) is 0 Å². The molecule has 0 aromatic heterocycles. The fourth-order valence-corrected chi connectivity index (χ4v) is 3.60. The Balaban J connectivity index is 1.70. The molecule has 2 aromatic carbocycles. The predicted octanol–water partition coefficient (Wildman–Crippen LogP) is 5.15. The van der Waals surface area contributed by atoms with Crippen molar-refractivity contribution in [3.05, 3.63) is 64.7 Å². The predicted molar refractivity (Wildman–Crippen MR) is 100 cm³/mol. The van der Waals surface area contributed by atoms with Gasteiger partial charge in [0.1, 0.15) is 0 Å². The van der Waals surface area contributed by atoms with Crippen molar-refractivity contribution < 1.29 is 18.0 Å². The van der Waals surface area contributed by atoms with Crippen LogP contribution in [0.2, 0.25) is 5.02 Å². The van der Waals surface area contributed by atoms with Crippen molar-refractivity contribution in [3.63, 3.8) is 0 Å². The minimum absolute atomic E-state index is 0.0862. The highest BCUT2D eigenvalue weighted by Gasteiger charge is 2.32. The summed E-state index contributed by atoms with van der Waals surface area (Å²) in [6.45, 7) is 1.25. The van der Waals surface area contributed by atoms with E-state index in [0.29, 0.717) is 6.54 Å². The lowest BCUT2D eigenvalue weighted by atomic mass is 10.0. The van der Waals surface area contributed by atoms with E-state index in [-0.39, 0.29) is 16.6 Å². The molecule has 1 saturated heterocycles. The van der Waals surface area contributed by atoms with Crippen LogP contribution in [-0.2, 0) is 6.18 Å². The number of carbonyl (C=O) groups excluding carboxylic acids is 1. The van der Waals surface area contributed by atoms with Crippen molar-refractivity contribution in [2.45, 2.75) is 31.5 Å². The largest absolute Gasteiger partial charge is 0.416 e. The Labute approximate surface area is 161 Å². The van der Waals surface area contributed by atoms with E-state index in [2.05, 4.69) is 10.2 Å². The molecule has 0 radical (unpaired) electrons. The number of anilines is 1. The Morgan fingerprint density at radius 2 is 1.89 bits per heavy atom. The van der Waals surface area contributed by atoms with Crippen LogP contribution < -0.4 is 10.2 Å². The Kier molecular flexibility index (Phi) is 5.95. The van der Waals surface area contributed by atoms with Gasteiger partial charge in [0, 0.05) is 35.4 Å². The molecular weight excluding hydrogens is 377 g/mol. The molecule has 1 fully saturated rings. The molecule has 1 unspecified atom stereocenters. The highest BCUT2D eigenvalue weighted by molar-refractivity contribution is 6.31. The van der Waals surface area contributed by atoms with Gasteiger partial charge in [0.25, 0.3) is 5.91 Å². The maximum absolute atomic E-state index is 12.9. The molecule has 1 heterocycles. The molecule has 0 aliphatic carbocycles. The molecular formula is C20H20ClF3N2O. The first-order valence-corrected chi connectivity index (χ1v) is 9.20. The van der Waals surface area contributed by atoms with E-state index < -0.39 is 17.6 Å². The van der Waals surface area contributed by atoms with Gasteiger partial charge in [0.2, 0.25) is 0 Å².